The first-order valence-corrected chi connectivity index (χ1v) is 7.08. The van der Waals surface area contributed by atoms with Gasteiger partial charge in [0, 0.05) is 25.0 Å². The van der Waals surface area contributed by atoms with Crippen LogP contribution in [-0.4, -0.2) is 35.6 Å². The SMILES string of the molecule is CC(C)NCC1CCN(Cc2cccnc2)CC1. The van der Waals surface area contributed by atoms with E-state index in [1.54, 1.807) is 0 Å². The van der Waals surface area contributed by atoms with Crippen LogP contribution in [0.15, 0.2) is 24.5 Å². The van der Waals surface area contributed by atoms with Crippen molar-refractivity contribution in [2.24, 2.45) is 5.92 Å². The molecule has 0 unspecified atom stereocenters. The van der Waals surface area contributed by atoms with Crippen molar-refractivity contribution in [2.75, 3.05) is 19.6 Å². The molecule has 18 heavy (non-hydrogen) atoms. The third-order valence-corrected chi connectivity index (χ3v) is 3.65. The summed E-state index contributed by atoms with van der Waals surface area (Å²) in [5, 5.41) is 3.55. The molecule has 3 nitrogen and oxygen atoms in total. The monoisotopic (exact) mass is 247 g/mol. The number of piperidine rings is 1. The molecular weight excluding hydrogens is 222 g/mol. The Morgan fingerprint density at radius 1 is 1.39 bits per heavy atom. The van der Waals surface area contributed by atoms with E-state index in [0.29, 0.717) is 6.04 Å². The number of nitrogens with zero attached hydrogens (tertiary/aromatic N) is 2. The second-order valence-corrected chi connectivity index (χ2v) is 5.64. The summed E-state index contributed by atoms with van der Waals surface area (Å²) in [6, 6.07) is 4.80. The highest BCUT2D eigenvalue weighted by atomic mass is 15.1. The molecule has 0 aliphatic carbocycles. The zero-order valence-corrected chi connectivity index (χ0v) is 11.6. The van der Waals surface area contributed by atoms with Crippen molar-refractivity contribution in [3.05, 3.63) is 30.1 Å². The van der Waals surface area contributed by atoms with Gasteiger partial charge >= 0.3 is 0 Å². The lowest BCUT2D eigenvalue weighted by molar-refractivity contribution is 0.174. The van der Waals surface area contributed by atoms with Crippen LogP contribution in [0.1, 0.15) is 32.3 Å². The van der Waals surface area contributed by atoms with E-state index in [4.69, 9.17) is 0 Å². The van der Waals surface area contributed by atoms with Gasteiger partial charge in [-0.2, -0.15) is 0 Å². The van der Waals surface area contributed by atoms with Crippen molar-refractivity contribution < 1.29 is 0 Å². The molecular formula is C15H25N3. The Balaban J connectivity index is 1.70. The molecule has 1 N–H and O–H groups in total. The molecule has 1 aliphatic heterocycles. The molecule has 0 atom stereocenters. The first-order valence-electron chi connectivity index (χ1n) is 7.08. The number of pyridine rings is 1. The average molecular weight is 247 g/mol. The van der Waals surface area contributed by atoms with E-state index in [2.05, 4.69) is 35.1 Å². The fourth-order valence-electron chi connectivity index (χ4n) is 2.50. The standard InChI is InChI=1S/C15H25N3/c1-13(2)17-11-14-5-8-18(9-6-14)12-15-4-3-7-16-10-15/h3-4,7,10,13-14,17H,5-6,8-9,11-12H2,1-2H3. The summed E-state index contributed by atoms with van der Waals surface area (Å²) in [6.07, 6.45) is 6.46. The fourth-order valence-corrected chi connectivity index (χ4v) is 2.50. The third kappa shape index (κ3) is 4.39. The second kappa shape index (κ2) is 6.86. The molecule has 0 radical (unpaired) electrons. The van der Waals surface area contributed by atoms with Gasteiger partial charge in [0.05, 0.1) is 0 Å². The first kappa shape index (κ1) is 13.5. The molecule has 1 aromatic rings. The molecule has 2 rings (SSSR count). The zero-order valence-electron chi connectivity index (χ0n) is 11.6. The molecule has 1 saturated heterocycles. The van der Waals surface area contributed by atoms with Crippen molar-refractivity contribution in [1.82, 2.24) is 15.2 Å². The number of aromatic nitrogens is 1. The van der Waals surface area contributed by atoms with Crippen molar-refractivity contribution in [3.8, 4) is 0 Å². The molecule has 0 aromatic carbocycles. The quantitative estimate of drug-likeness (QED) is 0.865. The lowest BCUT2D eigenvalue weighted by Gasteiger charge is -2.32. The second-order valence-electron chi connectivity index (χ2n) is 5.64. The minimum Gasteiger partial charge on any atom is -0.314 e. The molecule has 1 aromatic heterocycles. The summed E-state index contributed by atoms with van der Waals surface area (Å²) < 4.78 is 0. The summed E-state index contributed by atoms with van der Waals surface area (Å²) in [6.45, 7) is 9.12. The summed E-state index contributed by atoms with van der Waals surface area (Å²) in [7, 11) is 0. The highest BCUT2D eigenvalue weighted by Crippen LogP contribution is 2.18. The Bertz CT molecular complexity index is 329. The van der Waals surface area contributed by atoms with E-state index in [-0.39, 0.29) is 0 Å². The Morgan fingerprint density at radius 3 is 2.78 bits per heavy atom. The van der Waals surface area contributed by atoms with Gasteiger partial charge in [-0.3, -0.25) is 9.88 Å². The molecule has 100 valence electrons. The van der Waals surface area contributed by atoms with Gasteiger partial charge in [0.2, 0.25) is 0 Å². The number of likely N-dealkylation sites (tertiary alicyclic amines) is 1. The van der Waals surface area contributed by atoms with Crippen LogP contribution in [0.4, 0.5) is 0 Å². The van der Waals surface area contributed by atoms with Crippen molar-refractivity contribution in [3.63, 3.8) is 0 Å². The normalized spacial score (nSPS) is 18.4. The lowest BCUT2D eigenvalue weighted by atomic mass is 9.96. The van der Waals surface area contributed by atoms with Crippen LogP contribution in [0.25, 0.3) is 0 Å². The number of hydrogen-bond acceptors (Lipinski definition) is 3. The van der Waals surface area contributed by atoms with Crippen LogP contribution in [0, 0.1) is 5.92 Å². The van der Waals surface area contributed by atoms with Gasteiger partial charge < -0.3 is 5.32 Å². The van der Waals surface area contributed by atoms with Gasteiger partial charge in [-0.25, -0.2) is 0 Å². The molecule has 1 fully saturated rings. The topological polar surface area (TPSA) is 28.2 Å². The number of rotatable bonds is 5. The molecule has 2 heterocycles. The highest BCUT2D eigenvalue weighted by Gasteiger charge is 2.19. The summed E-state index contributed by atoms with van der Waals surface area (Å²) in [4.78, 5) is 6.72. The molecule has 0 amide bonds. The number of hydrogen-bond donors (Lipinski definition) is 1. The van der Waals surface area contributed by atoms with Gasteiger partial charge in [0.1, 0.15) is 0 Å². The maximum absolute atomic E-state index is 4.18. The van der Waals surface area contributed by atoms with Crippen LogP contribution in [0.2, 0.25) is 0 Å². The fraction of sp³-hybridized carbons (Fsp3) is 0.667. The molecule has 1 aliphatic rings. The maximum atomic E-state index is 4.18. The van der Waals surface area contributed by atoms with Crippen molar-refractivity contribution >= 4 is 0 Å². The van der Waals surface area contributed by atoms with E-state index >= 15 is 0 Å². The molecule has 0 bridgehead atoms. The van der Waals surface area contributed by atoms with E-state index in [9.17, 15) is 0 Å². The molecule has 0 spiro atoms. The Kier molecular flexibility index (Phi) is 5.14. The smallest absolute Gasteiger partial charge is 0.0312 e. The van der Waals surface area contributed by atoms with E-state index in [1.807, 2.05) is 18.5 Å². The lowest BCUT2D eigenvalue weighted by Crippen LogP contribution is -2.38. The summed E-state index contributed by atoms with van der Waals surface area (Å²) in [5.74, 6) is 0.859. The Labute approximate surface area is 111 Å². The highest BCUT2D eigenvalue weighted by molar-refractivity contribution is 5.08. The van der Waals surface area contributed by atoms with Crippen LogP contribution >= 0.6 is 0 Å². The van der Waals surface area contributed by atoms with Crippen LogP contribution < -0.4 is 5.32 Å². The van der Waals surface area contributed by atoms with Crippen LogP contribution in [0.3, 0.4) is 0 Å². The van der Waals surface area contributed by atoms with E-state index in [0.717, 1.165) is 12.5 Å². The largest absolute Gasteiger partial charge is 0.314 e. The van der Waals surface area contributed by atoms with Crippen molar-refractivity contribution in [1.29, 1.82) is 0 Å². The minimum absolute atomic E-state index is 0.610. The molecule has 0 saturated carbocycles. The van der Waals surface area contributed by atoms with Crippen LogP contribution in [0.5, 0.6) is 0 Å². The number of nitrogens with one attached hydrogen (secondary N) is 1. The zero-order chi connectivity index (χ0) is 12.8. The van der Waals surface area contributed by atoms with Crippen LogP contribution in [-0.2, 0) is 6.54 Å². The van der Waals surface area contributed by atoms with Gasteiger partial charge in [-0.15, -0.1) is 0 Å². The molecule has 3 heteroatoms. The Hall–Kier alpha value is -0.930. The first-order chi connectivity index (χ1) is 8.74. The minimum atomic E-state index is 0.610. The summed E-state index contributed by atoms with van der Waals surface area (Å²) >= 11 is 0. The van der Waals surface area contributed by atoms with Crippen molar-refractivity contribution in [2.45, 2.75) is 39.3 Å². The predicted molar refractivity (Wildman–Crippen MR) is 75.4 cm³/mol. The van der Waals surface area contributed by atoms with Gasteiger partial charge in [-0.05, 0) is 50.0 Å². The van der Waals surface area contributed by atoms with E-state index in [1.165, 1.54) is 38.0 Å². The average Bonchev–Trinajstić information content (AvgIpc) is 2.39. The van der Waals surface area contributed by atoms with Gasteiger partial charge in [-0.1, -0.05) is 19.9 Å². The third-order valence-electron chi connectivity index (χ3n) is 3.65. The maximum Gasteiger partial charge on any atom is 0.0312 e. The van der Waals surface area contributed by atoms with Gasteiger partial charge in [0.25, 0.3) is 0 Å². The Morgan fingerprint density at radius 2 is 2.17 bits per heavy atom. The summed E-state index contributed by atoms with van der Waals surface area (Å²) in [5.41, 5.74) is 1.33. The predicted octanol–water partition coefficient (Wildman–Crippen LogP) is 2.29. The van der Waals surface area contributed by atoms with E-state index < -0.39 is 0 Å². The van der Waals surface area contributed by atoms with Gasteiger partial charge in [0.15, 0.2) is 0 Å².